The SMILES string of the molecule is Cl.O=c1ccc2ccc(=O)n3c2n1C[C@H]3CN1CCC(NCc2cc3c(cn2)OCS3)CC1. The molecule has 6 rings (SSSR count). The second-order valence-corrected chi connectivity index (χ2v) is 9.71. The van der Waals surface area contributed by atoms with Gasteiger partial charge in [0.2, 0.25) is 0 Å². The minimum Gasteiger partial charge on any atom is -0.480 e. The summed E-state index contributed by atoms with van der Waals surface area (Å²) in [6, 6.07) is 9.41. The van der Waals surface area contributed by atoms with Gasteiger partial charge in [-0.25, -0.2) is 0 Å². The van der Waals surface area contributed by atoms with Crippen LogP contribution in [-0.2, 0) is 13.1 Å². The van der Waals surface area contributed by atoms with Crippen LogP contribution in [0.2, 0.25) is 0 Å². The van der Waals surface area contributed by atoms with Crippen molar-refractivity contribution in [1.29, 1.82) is 0 Å². The van der Waals surface area contributed by atoms with Gasteiger partial charge in [0.05, 0.1) is 22.8 Å². The van der Waals surface area contributed by atoms with Gasteiger partial charge < -0.3 is 15.0 Å². The van der Waals surface area contributed by atoms with Crippen LogP contribution >= 0.6 is 24.2 Å². The number of fused-ring (bicyclic) bond motifs is 1. The predicted molar refractivity (Wildman–Crippen MR) is 131 cm³/mol. The van der Waals surface area contributed by atoms with E-state index in [1.807, 2.05) is 22.9 Å². The molecule has 1 N–H and O–H groups in total. The molecule has 0 amide bonds. The molecule has 0 aromatic carbocycles. The molecule has 3 aromatic heterocycles. The normalized spacial score (nSPS) is 19.9. The van der Waals surface area contributed by atoms with Crippen LogP contribution in [0.25, 0.3) is 11.0 Å². The largest absolute Gasteiger partial charge is 0.480 e. The smallest absolute Gasteiger partial charge is 0.252 e. The summed E-state index contributed by atoms with van der Waals surface area (Å²) in [7, 11) is 0. The first kappa shape index (κ1) is 22.5. The lowest BCUT2D eigenvalue weighted by Gasteiger charge is -2.34. The zero-order valence-electron chi connectivity index (χ0n) is 18.1. The van der Waals surface area contributed by atoms with Gasteiger partial charge in [0.1, 0.15) is 11.6 Å². The fourth-order valence-electron chi connectivity index (χ4n) is 5.10. The number of hydrogen-bond acceptors (Lipinski definition) is 7. The van der Waals surface area contributed by atoms with Crippen molar-refractivity contribution in [2.45, 2.75) is 42.9 Å². The lowest BCUT2D eigenvalue weighted by molar-refractivity contribution is 0.171. The first-order valence-electron chi connectivity index (χ1n) is 11.1. The number of hydrogen-bond donors (Lipinski definition) is 1. The van der Waals surface area contributed by atoms with Crippen LogP contribution in [0.4, 0.5) is 0 Å². The Kier molecular flexibility index (Phi) is 6.22. The zero-order chi connectivity index (χ0) is 21.7. The van der Waals surface area contributed by atoms with Crippen molar-refractivity contribution < 1.29 is 4.74 Å². The van der Waals surface area contributed by atoms with Crippen molar-refractivity contribution in [3.05, 3.63) is 62.9 Å². The fourth-order valence-corrected chi connectivity index (χ4v) is 5.88. The van der Waals surface area contributed by atoms with Crippen molar-refractivity contribution in [3.8, 4) is 5.75 Å². The van der Waals surface area contributed by atoms with Gasteiger partial charge in [-0.1, -0.05) is 11.8 Å². The van der Waals surface area contributed by atoms with E-state index in [1.165, 1.54) is 4.90 Å². The van der Waals surface area contributed by atoms with E-state index in [0.29, 0.717) is 18.5 Å². The maximum absolute atomic E-state index is 12.6. The molecule has 1 atom stereocenters. The standard InChI is InChI=1S/C23H25N5O3S.ClH/c29-21-3-1-15-2-4-22(30)28-18(13-27(21)23(15)28)12-26-7-5-16(6-8-26)24-10-17-9-20-19(11-25-17)31-14-32-20;/h1-4,9,11,16,18,24H,5-8,10,12-14H2;1H/t18-;/m1./s1. The van der Waals surface area contributed by atoms with E-state index in [-0.39, 0.29) is 29.6 Å². The molecule has 0 saturated carbocycles. The molecule has 10 heteroatoms. The Hall–Kier alpha value is -2.33. The van der Waals surface area contributed by atoms with Crippen LogP contribution in [0.15, 0.2) is 51.0 Å². The number of thioether (sulfide) groups is 1. The summed E-state index contributed by atoms with van der Waals surface area (Å²) in [6.45, 7) is 4.07. The van der Waals surface area contributed by atoms with Crippen molar-refractivity contribution in [1.82, 2.24) is 24.3 Å². The molecule has 3 aliphatic rings. The van der Waals surface area contributed by atoms with E-state index < -0.39 is 0 Å². The Labute approximate surface area is 201 Å². The first-order chi connectivity index (χ1) is 15.7. The number of aromatic nitrogens is 3. The molecule has 33 heavy (non-hydrogen) atoms. The summed E-state index contributed by atoms with van der Waals surface area (Å²) in [5.74, 6) is 1.56. The van der Waals surface area contributed by atoms with Gasteiger partial charge in [-0.15, -0.1) is 12.4 Å². The Balaban J connectivity index is 0.00000228. The monoisotopic (exact) mass is 487 g/mol. The minimum atomic E-state index is -0.0348. The second-order valence-electron chi connectivity index (χ2n) is 8.74. The molecule has 0 aliphatic carbocycles. The van der Waals surface area contributed by atoms with Crippen molar-refractivity contribution in [3.63, 3.8) is 0 Å². The molecule has 0 bridgehead atoms. The average Bonchev–Trinajstić information content (AvgIpc) is 3.43. The molecular formula is C23H26ClN5O3S. The van der Waals surface area contributed by atoms with Crippen molar-refractivity contribution in [2.24, 2.45) is 0 Å². The van der Waals surface area contributed by atoms with Crippen LogP contribution in [0, 0.1) is 0 Å². The third kappa shape index (κ3) is 4.19. The van der Waals surface area contributed by atoms with E-state index in [0.717, 1.165) is 61.5 Å². The van der Waals surface area contributed by atoms with Crippen LogP contribution in [0.3, 0.4) is 0 Å². The summed E-state index contributed by atoms with van der Waals surface area (Å²) in [6.07, 6.45) is 3.94. The molecular weight excluding hydrogens is 462 g/mol. The molecule has 3 aromatic rings. The topological polar surface area (TPSA) is 81.4 Å². The number of likely N-dealkylation sites (tertiary alicyclic amines) is 1. The number of pyridine rings is 3. The van der Waals surface area contributed by atoms with E-state index in [4.69, 9.17) is 4.74 Å². The molecule has 0 radical (unpaired) electrons. The van der Waals surface area contributed by atoms with Crippen molar-refractivity contribution >= 4 is 35.2 Å². The molecule has 1 saturated heterocycles. The molecule has 0 unspecified atom stereocenters. The molecule has 8 nitrogen and oxygen atoms in total. The average molecular weight is 488 g/mol. The van der Waals surface area contributed by atoms with Gasteiger partial charge in [-0.2, -0.15) is 0 Å². The highest BCUT2D eigenvalue weighted by Gasteiger charge is 2.29. The number of nitrogens with zero attached hydrogens (tertiary/aromatic N) is 4. The highest BCUT2D eigenvalue weighted by atomic mass is 35.5. The van der Waals surface area contributed by atoms with Gasteiger partial charge >= 0.3 is 0 Å². The zero-order valence-corrected chi connectivity index (χ0v) is 19.7. The Morgan fingerprint density at radius 2 is 1.91 bits per heavy atom. The molecule has 6 heterocycles. The summed E-state index contributed by atoms with van der Waals surface area (Å²) in [5, 5.41) is 4.59. The quantitative estimate of drug-likeness (QED) is 0.591. The third-order valence-corrected chi connectivity index (χ3v) is 7.63. The van der Waals surface area contributed by atoms with Crippen molar-refractivity contribution in [2.75, 3.05) is 25.6 Å². The van der Waals surface area contributed by atoms with Crippen LogP contribution in [0.5, 0.6) is 5.75 Å². The summed E-state index contributed by atoms with van der Waals surface area (Å²) >= 11 is 1.71. The van der Waals surface area contributed by atoms with Gasteiger partial charge in [0.25, 0.3) is 11.1 Å². The highest BCUT2D eigenvalue weighted by Crippen LogP contribution is 2.35. The number of nitrogens with one attached hydrogen (secondary N) is 1. The van der Waals surface area contributed by atoms with Gasteiger partial charge in [-0.05, 0) is 44.1 Å². The highest BCUT2D eigenvalue weighted by molar-refractivity contribution is 7.99. The van der Waals surface area contributed by atoms with Gasteiger partial charge in [-0.3, -0.25) is 23.7 Å². The van der Waals surface area contributed by atoms with E-state index in [1.54, 1.807) is 28.5 Å². The summed E-state index contributed by atoms with van der Waals surface area (Å²) in [4.78, 5) is 33.1. The van der Waals surface area contributed by atoms with E-state index in [9.17, 15) is 9.59 Å². The third-order valence-electron chi connectivity index (χ3n) is 6.76. The first-order valence-corrected chi connectivity index (χ1v) is 12.1. The number of ether oxygens (including phenoxy) is 1. The predicted octanol–water partition coefficient (Wildman–Crippen LogP) is 2.23. The number of halogens is 1. The number of rotatable bonds is 5. The lowest BCUT2D eigenvalue weighted by Crippen LogP contribution is -2.44. The van der Waals surface area contributed by atoms with E-state index in [2.05, 4.69) is 21.3 Å². The summed E-state index contributed by atoms with van der Waals surface area (Å²) in [5.41, 5.74) is 1.75. The Bertz CT molecular complexity index is 1300. The Morgan fingerprint density at radius 1 is 1.12 bits per heavy atom. The number of piperidine rings is 1. The maximum Gasteiger partial charge on any atom is 0.252 e. The van der Waals surface area contributed by atoms with Gasteiger partial charge in [0, 0.05) is 43.2 Å². The minimum absolute atomic E-state index is 0. The van der Waals surface area contributed by atoms with Crippen LogP contribution < -0.4 is 21.2 Å². The molecule has 1 fully saturated rings. The lowest BCUT2D eigenvalue weighted by atomic mass is 10.0. The summed E-state index contributed by atoms with van der Waals surface area (Å²) < 4.78 is 9.08. The second kappa shape index (κ2) is 9.13. The maximum atomic E-state index is 12.6. The molecule has 174 valence electrons. The Morgan fingerprint density at radius 3 is 2.73 bits per heavy atom. The van der Waals surface area contributed by atoms with Gasteiger partial charge in [0.15, 0.2) is 5.75 Å². The van der Waals surface area contributed by atoms with Crippen LogP contribution in [-0.4, -0.2) is 50.6 Å². The molecule has 3 aliphatic heterocycles. The van der Waals surface area contributed by atoms with Crippen LogP contribution in [0.1, 0.15) is 24.6 Å². The van der Waals surface area contributed by atoms with E-state index >= 15 is 0 Å². The fraction of sp³-hybridized carbons (Fsp3) is 0.435. The molecule has 0 spiro atoms.